The highest BCUT2D eigenvalue weighted by molar-refractivity contribution is 5.62. The number of aromatic nitrogens is 2. The Kier molecular flexibility index (Phi) is 6.20. The van der Waals surface area contributed by atoms with E-state index in [1.807, 2.05) is 6.20 Å². The number of rotatable bonds is 8. The number of hydrogen-bond donors (Lipinski definition) is 1. The van der Waals surface area contributed by atoms with Crippen molar-refractivity contribution < 1.29 is 0 Å². The summed E-state index contributed by atoms with van der Waals surface area (Å²) >= 11 is 0. The molecular weight excluding hydrogens is 270 g/mol. The van der Waals surface area contributed by atoms with E-state index in [4.69, 9.17) is 0 Å². The molecule has 1 heterocycles. The number of H-pyrrole nitrogens is 1. The summed E-state index contributed by atoms with van der Waals surface area (Å²) in [6.07, 6.45) is 5.57. The van der Waals surface area contributed by atoms with Crippen molar-refractivity contribution in [2.45, 2.75) is 46.6 Å². The first-order valence-corrected chi connectivity index (χ1v) is 8.40. The first kappa shape index (κ1) is 16.8. The van der Waals surface area contributed by atoms with Crippen molar-refractivity contribution in [1.29, 1.82) is 0 Å². The molecule has 2 aromatic rings. The Hall–Kier alpha value is -1.61. The smallest absolute Gasteiger partial charge is 0.0695 e. The van der Waals surface area contributed by atoms with Gasteiger partial charge >= 0.3 is 0 Å². The van der Waals surface area contributed by atoms with Gasteiger partial charge in [0.25, 0.3) is 0 Å². The molecule has 0 aliphatic carbocycles. The van der Waals surface area contributed by atoms with Crippen LogP contribution in [0.15, 0.2) is 30.5 Å². The molecule has 0 aliphatic rings. The molecule has 0 atom stereocenters. The topological polar surface area (TPSA) is 31.9 Å². The third-order valence-corrected chi connectivity index (χ3v) is 3.94. The van der Waals surface area contributed by atoms with Gasteiger partial charge in [0, 0.05) is 12.1 Å². The molecule has 120 valence electrons. The van der Waals surface area contributed by atoms with Crippen molar-refractivity contribution in [3.8, 4) is 11.3 Å². The van der Waals surface area contributed by atoms with Crippen molar-refractivity contribution in [2.24, 2.45) is 5.92 Å². The molecule has 1 N–H and O–H groups in total. The van der Waals surface area contributed by atoms with Crippen LogP contribution in [0.5, 0.6) is 0 Å². The number of nitrogens with one attached hydrogen (secondary N) is 1. The molecule has 0 aliphatic heterocycles. The number of benzene rings is 1. The third-order valence-electron chi connectivity index (χ3n) is 3.94. The normalized spacial score (nSPS) is 11.5. The highest BCUT2D eigenvalue weighted by Gasteiger charge is 2.10. The van der Waals surface area contributed by atoms with E-state index < -0.39 is 0 Å². The molecule has 0 amide bonds. The second kappa shape index (κ2) is 8.14. The molecule has 0 saturated heterocycles. The predicted molar refractivity (Wildman–Crippen MR) is 93.8 cm³/mol. The van der Waals surface area contributed by atoms with E-state index in [0.29, 0.717) is 5.92 Å². The minimum Gasteiger partial charge on any atom is -0.302 e. The Morgan fingerprint density at radius 3 is 2.55 bits per heavy atom. The summed E-state index contributed by atoms with van der Waals surface area (Å²) in [4.78, 5) is 2.37. The maximum Gasteiger partial charge on any atom is 0.0695 e. The lowest BCUT2D eigenvalue weighted by Gasteiger charge is -2.16. The van der Waals surface area contributed by atoms with Crippen LogP contribution in [0.2, 0.25) is 0 Å². The summed E-state index contributed by atoms with van der Waals surface area (Å²) < 4.78 is 0. The summed E-state index contributed by atoms with van der Waals surface area (Å²) in [6, 6.07) is 8.89. The van der Waals surface area contributed by atoms with Gasteiger partial charge < -0.3 is 4.90 Å². The molecule has 3 nitrogen and oxygen atoms in total. The van der Waals surface area contributed by atoms with Gasteiger partial charge in [0.15, 0.2) is 0 Å². The van der Waals surface area contributed by atoms with Crippen molar-refractivity contribution in [3.05, 3.63) is 41.6 Å². The van der Waals surface area contributed by atoms with E-state index in [9.17, 15) is 0 Å². The standard InChI is InChI=1S/C19H29N3/c1-5-6-11-22(4)14-18-13-20-21-19(18)17-9-7-16(8-10-17)12-15(2)3/h7-10,13,15H,5-6,11-12,14H2,1-4H3,(H,20,21). The first-order valence-electron chi connectivity index (χ1n) is 8.40. The summed E-state index contributed by atoms with van der Waals surface area (Å²) in [5, 5.41) is 7.42. The van der Waals surface area contributed by atoms with Gasteiger partial charge in [-0.2, -0.15) is 5.10 Å². The van der Waals surface area contributed by atoms with E-state index in [2.05, 4.69) is 67.2 Å². The van der Waals surface area contributed by atoms with Crippen LogP contribution in [0, 0.1) is 5.92 Å². The fourth-order valence-electron chi connectivity index (χ4n) is 2.76. The SMILES string of the molecule is CCCCN(C)Cc1cn[nH]c1-c1ccc(CC(C)C)cc1. The average Bonchev–Trinajstić information content (AvgIpc) is 2.93. The van der Waals surface area contributed by atoms with Gasteiger partial charge in [-0.15, -0.1) is 0 Å². The van der Waals surface area contributed by atoms with Gasteiger partial charge in [-0.1, -0.05) is 51.5 Å². The van der Waals surface area contributed by atoms with Crippen LogP contribution in [0.4, 0.5) is 0 Å². The lowest BCUT2D eigenvalue weighted by molar-refractivity contribution is 0.321. The van der Waals surface area contributed by atoms with E-state index in [1.165, 1.54) is 29.5 Å². The van der Waals surface area contributed by atoms with Gasteiger partial charge in [0.2, 0.25) is 0 Å². The molecule has 0 unspecified atom stereocenters. The van der Waals surface area contributed by atoms with E-state index in [1.54, 1.807) is 0 Å². The zero-order chi connectivity index (χ0) is 15.9. The fourth-order valence-corrected chi connectivity index (χ4v) is 2.76. The van der Waals surface area contributed by atoms with Crippen LogP contribution in [0.25, 0.3) is 11.3 Å². The molecule has 0 fully saturated rings. The van der Waals surface area contributed by atoms with Crippen LogP contribution < -0.4 is 0 Å². The van der Waals surface area contributed by atoms with Gasteiger partial charge in [-0.25, -0.2) is 0 Å². The second-order valence-electron chi connectivity index (χ2n) is 6.66. The largest absolute Gasteiger partial charge is 0.302 e. The van der Waals surface area contributed by atoms with Crippen LogP contribution in [-0.4, -0.2) is 28.7 Å². The van der Waals surface area contributed by atoms with Crippen molar-refractivity contribution in [3.63, 3.8) is 0 Å². The van der Waals surface area contributed by atoms with Gasteiger partial charge in [0.05, 0.1) is 11.9 Å². The van der Waals surface area contributed by atoms with E-state index in [0.717, 1.165) is 25.2 Å². The second-order valence-corrected chi connectivity index (χ2v) is 6.66. The summed E-state index contributed by atoms with van der Waals surface area (Å²) in [5.41, 5.74) is 5.05. The van der Waals surface area contributed by atoms with Crippen LogP contribution in [0.3, 0.4) is 0 Å². The van der Waals surface area contributed by atoms with Crippen molar-refractivity contribution >= 4 is 0 Å². The summed E-state index contributed by atoms with van der Waals surface area (Å²) in [7, 11) is 2.18. The first-order chi connectivity index (χ1) is 10.6. The minimum atomic E-state index is 0.695. The summed E-state index contributed by atoms with van der Waals surface area (Å²) in [6.45, 7) is 8.82. The maximum atomic E-state index is 4.25. The Morgan fingerprint density at radius 1 is 1.18 bits per heavy atom. The van der Waals surface area contributed by atoms with E-state index >= 15 is 0 Å². The molecule has 0 saturated carbocycles. The third kappa shape index (κ3) is 4.70. The van der Waals surface area contributed by atoms with Crippen molar-refractivity contribution in [2.75, 3.05) is 13.6 Å². The molecule has 0 bridgehead atoms. The molecule has 0 spiro atoms. The molecule has 2 rings (SSSR count). The van der Waals surface area contributed by atoms with Crippen LogP contribution >= 0.6 is 0 Å². The Labute approximate surface area is 134 Å². The molecule has 3 heteroatoms. The van der Waals surface area contributed by atoms with Gasteiger partial charge in [0.1, 0.15) is 0 Å². The van der Waals surface area contributed by atoms with Crippen molar-refractivity contribution in [1.82, 2.24) is 15.1 Å². The lowest BCUT2D eigenvalue weighted by atomic mass is 10.00. The Bertz CT molecular complexity index is 554. The van der Waals surface area contributed by atoms with Crippen LogP contribution in [0.1, 0.15) is 44.7 Å². The summed E-state index contributed by atoms with van der Waals surface area (Å²) in [5.74, 6) is 0.695. The molecular formula is C19H29N3. The highest BCUT2D eigenvalue weighted by atomic mass is 15.1. The minimum absolute atomic E-state index is 0.695. The average molecular weight is 299 g/mol. The number of hydrogen-bond acceptors (Lipinski definition) is 2. The van der Waals surface area contributed by atoms with Gasteiger partial charge in [-0.3, -0.25) is 5.10 Å². The molecule has 1 aromatic carbocycles. The van der Waals surface area contributed by atoms with Crippen LogP contribution in [-0.2, 0) is 13.0 Å². The monoisotopic (exact) mass is 299 g/mol. The maximum absolute atomic E-state index is 4.25. The lowest BCUT2D eigenvalue weighted by Crippen LogP contribution is -2.19. The number of unbranched alkanes of at least 4 members (excludes halogenated alkanes) is 1. The Morgan fingerprint density at radius 2 is 1.91 bits per heavy atom. The molecule has 1 aromatic heterocycles. The molecule has 0 radical (unpaired) electrons. The van der Waals surface area contributed by atoms with E-state index in [-0.39, 0.29) is 0 Å². The zero-order valence-electron chi connectivity index (χ0n) is 14.4. The highest BCUT2D eigenvalue weighted by Crippen LogP contribution is 2.23. The van der Waals surface area contributed by atoms with Gasteiger partial charge in [-0.05, 0) is 43.5 Å². The molecule has 22 heavy (non-hydrogen) atoms. The predicted octanol–water partition coefficient (Wildman–Crippen LogP) is 4.51. The number of nitrogens with zero attached hydrogens (tertiary/aromatic N) is 2. The zero-order valence-corrected chi connectivity index (χ0v) is 14.4. The Balaban J connectivity index is 2.08. The fraction of sp³-hybridized carbons (Fsp3) is 0.526. The quantitative estimate of drug-likeness (QED) is 0.778. The number of aromatic amines is 1.